The van der Waals surface area contributed by atoms with Crippen molar-refractivity contribution in [1.82, 2.24) is 5.32 Å². The average Bonchev–Trinajstić information content (AvgIpc) is 2.56. The molecule has 138 valence electrons. The second-order valence-corrected chi connectivity index (χ2v) is 5.83. The number of amides is 2. The largest absolute Gasteiger partial charge is 0.493 e. The van der Waals surface area contributed by atoms with Gasteiger partial charge >= 0.3 is 5.97 Å². The van der Waals surface area contributed by atoms with E-state index in [4.69, 9.17) is 26.8 Å². The zero-order valence-corrected chi connectivity index (χ0v) is 14.9. The van der Waals surface area contributed by atoms with Gasteiger partial charge in [-0.25, -0.2) is 4.79 Å². The van der Waals surface area contributed by atoms with Crippen LogP contribution in [-0.4, -0.2) is 42.6 Å². The number of methoxy groups -OCH3 is 1. The first-order valence-electron chi connectivity index (χ1n) is 7.53. The third kappa shape index (κ3) is 5.53. The topological polar surface area (TPSA) is 128 Å². The summed E-state index contributed by atoms with van der Waals surface area (Å²) in [4.78, 5) is 34.5. The van der Waals surface area contributed by atoms with Crippen LogP contribution >= 0.6 is 11.6 Å². The molecule has 0 radical (unpaired) electrons. The van der Waals surface area contributed by atoms with Crippen molar-refractivity contribution in [2.24, 2.45) is 11.7 Å². The van der Waals surface area contributed by atoms with Gasteiger partial charge in [-0.05, 0) is 18.1 Å². The van der Waals surface area contributed by atoms with Crippen molar-refractivity contribution >= 4 is 29.4 Å². The van der Waals surface area contributed by atoms with Gasteiger partial charge in [-0.2, -0.15) is 0 Å². The summed E-state index contributed by atoms with van der Waals surface area (Å²) in [6.07, 6.45) is 0.585. The maximum Gasteiger partial charge on any atom is 0.326 e. The first-order chi connectivity index (χ1) is 11.7. The molecule has 2 atom stereocenters. The Labute approximate surface area is 150 Å². The highest BCUT2D eigenvalue weighted by atomic mass is 35.5. The van der Waals surface area contributed by atoms with Crippen molar-refractivity contribution in [2.75, 3.05) is 13.7 Å². The number of hydrogen-bond donors (Lipinski definition) is 3. The van der Waals surface area contributed by atoms with E-state index in [-0.39, 0.29) is 28.0 Å². The number of carbonyl (C=O) groups is 3. The van der Waals surface area contributed by atoms with Crippen molar-refractivity contribution in [1.29, 1.82) is 0 Å². The van der Waals surface area contributed by atoms with Crippen LogP contribution in [0, 0.1) is 5.92 Å². The molecule has 0 fully saturated rings. The molecule has 0 aliphatic rings. The molecule has 1 aromatic rings. The number of ether oxygens (including phenoxy) is 2. The number of aliphatic carboxylic acids is 1. The van der Waals surface area contributed by atoms with Crippen molar-refractivity contribution < 1.29 is 29.0 Å². The Bertz CT molecular complexity index is 664. The Morgan fingerprint density at radius 1 is 1.36 bits per heavy atom. The lowest BCUT2D eigenvalue weighted by atomic mass is 9.99. The highest BCUT2D eigenvalue weighted by molar-refractivity contribution is 6.32. The molecule has 0 aliphatic heterocycles. The summed E-state index contributed by atoms with van der Waals surface area (Å²) >= 11 is 6.08. The molecule has 0 saturated heterocycles. The molecule has 0 saturated carbocycles. The Morgan fingerprint density at radius 2 is 2.00 bits per heavy atom. The van der Waals surface area contributed by atoms with Gasteiger partial charge in [0, 0.05) is 5.56 Å². The van der Waals surface area contributed by atoms with Crippen LogP contribution in [0.2, 0.25) is 5.02 Å². The highest BCUT2D eigenvalue weighted by Crippen LogP contribution is 2.36. The summed E-state index contributed by atoms with van der Waals surface area (Å²) in [7, 11) is 1.34. The quantitative estimate of drug-likeness (QED) is 0.601. The van der Waals surface area contributed by atoms with Gasteiger partial charge in [-0.15, -0.1) is 0 Å². The van der Waals surface area contributed by atoms with Crippen LogP contribution in [0.5, 0.6) is 11.5 Å². The SMILES string of the molecule is CCC(C)C(NC(=O)c1cc(Cl)c(OCC(N)=O)c(OC)c1)C(=O)O. The van der Waals surface area contributed by atoms with Crippen LogP contribution in [0.3, 0.4) is 0 Å². The van der Waals surface area contributed by atoms with Crippen LogP contribution in [0.25, 0.3) is 0 Å². The number of hydrogen-bond acceptors (Lipinski definition) is 5. The van der Waals surface area contributed by atoms with Gasteiger partial charge in [0.25, 0.3) is 11.8 Å². The van der Waals surface area contributed by atoms with E-state index in [2.05, 4.69) is 5.32 Å². The molecule has 4 N–H and O–H groups in total. The predicted octanol–water partition coefficient (Wildman–Crippen LogP) is 1.44. The van der Waals surface area contributed by atoms with Gasteiger partial charge in [0.2, 0.25) is 0 Å². The van der Waals surface area contributed by atoms with Gasteiger partial charge in [-0.3, -0.25) is 9.59 Å². The summed E-state index contributed by atoms with van der Waals surface area (Å²) in [5.41, 5.74) is 5.12. The maximum absolute atomic E-state index is 12.4. The molecule has 1 aromatic carbocycles. The minimum atomic E-state index is -1.12. The Balaban J connectivity index is 3.08. The van der Waals surface area contributed by atoms with E-state index in [0.717, 1.165) is 0 Å². The van der Waals surface area contributed by atoms with E-state index in [1.165, 1.54) is 19.2 Å². The van der Waals surface area contributed by atoms with Crippen LogP contribution < -0.4 is 20.5 Å². The fourth-order valence-electron chi connectivity index (χ4n) is 2.04. The number of primary amides is 1. The molecule has 0 aliphatic carbocycles. The van der Waals surface area contributed by atoms with E-state index in [1.807, 2.05) is 6.92 Å². The number of carboxylic acids is 1. The fourth-order valence-corrected chi connectivity index (χ4v) is 2.31. The standard InChI is InChI=1S/C16H21ClN2O6/c1-4-8(2)13(16(22)23)19-15(21)9-5-10(17)14(11(6-9)24-3)25-7-12(18)20/h5-6,8,13H,4,7H2,1-3H3,(H2,18,20)(H,19,21)(H,22,23). The average molecular weight is 373 g/mol. The summed E-state index contributed by atoms with van der Waals surface area (Å²) in [6, 6.07) is 1.60. The summed E-state index contributed by atoms with van der Waals surface area (Å²) in [5.74, 6) is -2.50. The number of nitrogens with two attached hydrogens (primary N) is 1. The fraction of sp³-hybridized carbons (Fsp3) is 0.438. The van der Waals surface area contributed by atoms with E-state index in [9.17, 15) is 19.5 Å². The van der Waals surface area contributed by atoms with Crippen molar-refractivity contribution in [3.8, 4) is 11.5 Å². The summed E-state index contributed by atoms with van der Waals surface area (Å²) in [6.45, 7) is 3.15. The molecular formula is C16H21ClN2O6. The molecule has 8 nitrogen and oxygen atoms in total. The smallest absolute Gasteiger partial charge is 0.326 e. The monoisotopic (exact) mass is 372 g/mol. The molecule has 0 spiro atoms. The molecule has 2 amide bonds. The number of carboxylic acid groups (broad SMARTS) is 1. The number of rotatable bonds is 9. The minimum absolute atomic E-state index is 0.0289. The lowest BCUT2D eigenvalue weighted by Crippen LogP contribution is -2.45. The highest BCUT2D eigenvalue weighted by Gasteiger charge is 2.26. The van der Waals surface area contributed by atoms with Gasteiger partial charge in [0.05, 0.1) is 12.1 Å². The van der Waals surface area contributed by atoms with Gasteiger partial charge in [-0.1, -0.05) is 31.9 Å². The van der Waals surface area contributed by atoms with Crippen LogP contribution in [0.1, 0.15) is 30.6 Å². The van der Waals surface area contributed by atoms with Crippen molar-refractivity contribution in [3.63, 3.8) is 0 Å². The van der Waals surface area contributed by atoms with E-state index < -0.39 is 30.4 Å². The number of benzene rings is 1. The normalized spacial score (nSPS) is 12.8. The third-order valence-corrected chi connectivity index (χ3v) is 3.90. The second-order valence-electron chi connectivity index (χ2n) is 5.42. The number of halogens is 1. The minimum Gasteiger partial charge on any atom is -0.493 e. The first-order valence-corrected chi connectivity index (χ1v) is 7.91. The van der Waals surface area contributed by atoms with Gasteiger partial charge in [0.1, 0.15) is 6.04 Å². The second kappa shape index (κ2) is 9.12. The molecule has 0 bridgehead atoms. The van der Waals surface area contributed by atoms with Crippen LogP contribution in [0.15, 0.2) is 12.1 Å². The Kier molecular flexibility index (Phi) is 7.50. The van der Waals surface area contributed by atoms with E-state index in [0.29, 0.717) is 6.42 Å². The molecule has 25 heavy (non-hydrogen) atoms. The van der Waals surface area contributed by atoms with Crippen molar-refractivity contribution in [3.05, 3.63) is 22.7 Å². The number of carbonyl (C=O) groups excluding carboxylic acids is 2. The first kappa shape index (κ1) is 20.6. The van der Waals surface area contributed by atoms with Crippen LogP contribution in [0.4, 0.5) is 0 Å². The maximum atomic E-state index is 12.4. The zero-order valence-electron chi connectivity index (χ0n) is 14.2. The van der Waals surface area contributed by atoms with Gasteiger partial charge in [0.15, 0.2) is 18.1 Å². The zero-order chi connectivity index (χ0) is 19.1. The lowest BCUT2D eigenvalue weighted by molar-refractivity contribution is -0.140. The molecule has 0 aromatic heterocycles. The van der Waals surface area contributed by atoms with Gasteiger partial charge < -0.3 is 25.6 Å². The number of nitrogens with one attached hydrogen (secondary N) is 1. The molecule has 0 heterocycles. The predicted molar refractivity (Wildman–Crippen MR) is 91.0 cm³/mol. The Morgan fingerprint density at radius 3 is 2.48 bits per heavy atom. The van der Waals surface area contributed by atoms with Crippen LogP contribution in [-0.2, 0) is 9.59 Å². The van der Waals surface area contributed by atoms with Crippen molar-refractivity contribution in [2.45, 2.75) is 26.3 Å². The summed E-state index contributed by atoms with van der Waals surface area (Å²) < 4.78 is 10.3. The summed E-state index contributed by atoms with van der Waals surface area (Å²) in [5, 5.41) is 11.8. The lowest BCUT2D eigenvalue weighted by Gasteiger charge is -2.20. The molecular weight excluding hydrogens is 352 g/mol. The molecule has 9 heteroatoms. The third-order valence-electron chi connectivity index (χ3n) is 3.62. The molecule has 1 rings (SSSR count). The van der Waals surface area contributed by atoms with E-state index in [1.54, 1.807) is 6.92 Å². The van der Waals surface area contributed by atoms with E-state index >= 15 is 0 Å². The molecule has 2 unspecified atom stereocenters. The Hall–Kier alpha value is -2.48.